The Morgan fingerprint density at radius 2 is 2.10 bits per heavy atom. The minimum Gasteiger partial charge on any atom is -0.493 e. The zero-order valence-electron chi connectivity index (χ0n) is 11.8. The molecule has 1 amide bonds. The fourth-order valence-corrected chi connectivity index (χ4v) is 2.17. The first-order chi connectivity index (χ1) is 9.65. The predicted octanol–water partition coefficient (Wildman–Crippen LogP) is 0.562. The highest BCUT2D eigenvalue weighted by molar-refractivity contribution is 5.78. The van der Waals surface area contributed by atoms with Crippen molar-refractivity contribution in [1.82, 2.24) is 4.90 Å². The van der Waals surface area contributed by atoms with Gasteiger partial charge in [-0.25, -0.2) is 0 Å². The van der Waals surface area contributed by atoms with Crippen molar-refractivity contribution >= 4 is 5.91 Å². The number of carbonyl (C=O) groups is 1. The SMILES string of the molecule is COc1ccc(C(N)CN2CCOCC2=O)cc1OC. The third kappa shape index (κ3) is 3.20. The molecule has 0 spiro atoms. The normalized spacial score (nSPS) is 16.9. The van der Waals surface area contributed by atoms with E-state index in [4.69, 9.17) is 19.9 Å². The number of benzene rings is 1. The Labute approximate surface area is 118 Å². The Kier molecular flexibility index (Phi) is 4.81. The van der Waals surface area contributed by atoms with E-state index in [0.29, 0.717) is 31.2 Å². The number of methoxy groups -OCH3 is 2. The Morgan fingerprint density at radius 3 is 2.75 bits per heavy atom. The molecular formula is C14H20N2O4. The number of morpholine rings is 1. The van der Waals surface area contributed by atoms with E-state index >= 15 is 0 Å². The van der Waals surface area contributed by atoms with Gasteiger partial charge < -0.3 is 24.8 Å². The van der Waals surface area contributed by atoms with Crippen molar-refractivity contribution in [2.45, 2.75) is 6.04 Å². The van der Waals surface area contributed by atoms with Crippen LogP contribution in [0.15, 0.2) is 18.2 Å². The zero-order valence-corrected chi connectivity index (χ0v) is 11.8. The Morgan fingerprint density at radius 1 is 1.35 bits per heavy atom. The molecule has 0 aliphatic carbocycles. The summed E-state index contributed by atoms with van der Waals surface area (Å²) in [6, 6.07) is 5.28. The van der Waals surface area contributed by atoms with Gasteiger partial charge in [-0.1, -0.05) is 6.07 Å². The lowest BCUT2D eigenvalue weighted by molar-refractivity contribution is -0.142. The van der Waals surface area contributed by atoms with Gasteiger partial charge in [0.1, 0.15) is 6.61 Å². The largest absolute Gasteiger partial charge is 0.493 e. The maximum atomic E-state index is 11.7. The van der Waals surface area contributed by atoms with Crippen LogP contribution in [0, 0.1) is 0 Å². The highest BCUT2D eigenvalue weighted by Gasteiger charge is 2.21. The molecule has 110 valence electrons. The molecule has 6 heteroatoms. The molecule has 2 rings (SSSR count). The molecule has 1 heterocycles. The second kappa shape index (κ2) is 6.58. The van der Waals surface area contributed by atoms with Gasteiger partial charge in [-0.15, -0.1) is 0 Å². The van der Waals surface area contributed by atoms with Crippen molar-refractivity contribution in [2.24, 2.45) is 5.73 Å². The van der Waals surface area contributed by atoms with Crippen LogP contribution >= 0.6 is 0 Å². The summed E-state index contributed by atoms with van der Waals surface area (Å²) in [6.07, 6.45) is 0. The molecule has 1 atom stereocenters. The van der Waals surface area contributed by atoms with Crippen molar-refractivity contribution in [3.05, 3.63) is 23.8 Å². The van der Waals surface area contributed by atoms with Crippen molar-refractivity contribution in [3.8, 4) is 11.5 Å². The van der Waals surface area contributed by atoms with E-state index in [-0.39, 0.29) is 18.6 Å². The molecule has 0 radical (unpaired) electrons. The molecule has 1 aliphatic rings. The van der Waals surface area contributed by atoms with Crippen LogP contribution < -0.4 is 15.2 Å². The summed E-state index contributed by atoms with van der Waals surface area (Å²) >= 11 is 0. The third-order valence-electron chi connectivity index (χ3n) is 3.34. The number of ether oxygens (including phenoxy) is 3. The highest BCUT2D eigenvalue weighted by atomic mass is 16.5. The summed E-state index contributed by atoms with van der Waals surface area (Å²) < 4.78 is 15.5. The second-order valence-electron chi connectivity index (χ2n) is 4.61. The van der Waals surface area contributed by atoms with E-state index in [2.05, 4.69) is 0 Å². The fourth-order valence-electron chi connectivity index (χ4n) is 2.17. The van der Waals surface area contributed by atoms with Gasteiger partial charge in [-0.3, -0.25) is 4.79 Å². The summed E-state index contributed by atoms with van der Waals surface area (Å²) in [5.74, 6) is 1.27. The van der Waals surface area contributed by atoms with Crippen molar-refractivity contribution in [3.63, 3.8) is 0 Å². The summed E-state index contributed by atoms with van der Waals surface area (Å²) in [4.78, 5) is 13.4. The molecule has 1 aromatic rings. The molecule has 20 heavy (non-hydrogen) atoms. The zero-order chi connectivity index (χ0) is 14.5. The lowest BCUT2D eigenvalue weighted by Crippen LogP contribution is -2.44. The van der Waals surface area contributed by atoms with Gasteiger partial charge in [0, 0.05) is 19.1 Å². The molecule has 1 unspecified atom stereocenters. The van der Waals surface area contributed by atoms with Crippen LogP contribution in [0.1, 0.15) is 11.6 Å². The van der Waals surface area contributed by atoms with Crippen molar-refractivity contribution in [2.75, 3.05) is 40.5 Å². The Bertz CT molecular complexity index is 478. The molecule has 1 saturated heterocycles. The van der Waals surface area contributed by atoms with Crippen LogP contribution in [-0.4, -0.2) is 51.3 Å². The minimum atomic E-state index is -0.267. The highest BCUT2D eigenvalue weighted by Crippen LogP contribution is 2.29. The van der Waals surface area contributed by atoms with Gasteiger partial charge in [0.15, 0.2) is 11.5 Å². The maximum absolute atomic E-state index is 11.7. The quantitative estimate of drug-likeness (QED) is 0.853. The molecule has 1 fully saturated rings. The first-order valence-electron chi connectivity index (χ1n) is 6.48. The minimum absolute atomic E-state index is 0.0211. The number of rotatable bonds is 5. The number of hydrogen-bond donors (Lipinski definition) is 1. The third-order valence-corrected chi connectivity index (χ3v) is 3.34. The van der Waals surface area contributed by atoms with Gasteiger partial charge in [-0.2, -0.15) is 0 Å². The first-order valence-corrected chi connectivity index (χ1v) is 6.48. The smallest absolute Gasteiger partial charge is 0.248 e. The van der Waals surface area contributed by atoms with Crippen LogP contribution in [0.5, 0.6) is 11.5 Å². The lowest BCUT2D eigenvalue weighted by atomic mass is 10.1. The van der Waals surface area contributed by atoms with Crippen molar-refractivity contribution in [1.29, 1.82) is 0 Å². The molecule has 6 nitrogen and oxygen atoms in total. The predicted molar refractivity (Wildman–Crippen MR) is 73.9 cm³/mol. The van der Waals surface area contributed by atoms with E-state index in [1.165, 1.54) is 0 Å². The summed E-state index contributed by atoms with van der Waals surface area (Å²) in [7, 11) is 3.17. The standard InChI is InChI=1S/C14H20N2O4/c1-18-12-4-3-10(7-13(12)19-2)11(15)8-16-5-6-20-9-14(16)17/h3-4,7,11H,5-6,8-9,15H2,1-2H3. The number of carbonyl (C=O) groups excluding carboxylic acids is 1. The lowest BCUT2D eigenvalue weighted by Gasteiger charge is -2.29. The van der Waals surface area contributed by atoms with Gasteiger partial charge in [0.25, 0.3) is 0 Å². The Balaban J connectivity index is 2.08. The summed E-state index contributed by atoms with van der Waals surface area (Å²) in [5.41, 5.74) is 7.08. The van der Waals surface area contributed by atoms with Crippen LogP contribution in [0.25, 0.3) is 0 Å². The second-order valence-corrected chi connectivity index (χ2v) is 4.61. The molecule has 1 aliphatic heterocycles. The van der Waals surface area contributed by atoms with Crippen LogP contribution in [-0.2, 0) is 9.53 Å². The summed E-state index contributed by atoms with van der Waals surface area (Å²) in [5, 5.41) is 0. The van der Waals surface area contributed by atoms with Gasteiger partial charge in [0.05, 0.1) is 20.8 Å². The Hall–Kier alpha value is -1.79. The van der Waals surface area contributed by atoms with E-state index < -0.39 is 0 Å². The van der Waals surface area contributed by atoms with E-state index in [0.717, 1.165) is 5.56 Å². The molecule has 0 saturated carbocycles. The van der Waals surface area contributed by atoms with Crippen LogP contribution in [0.3, 0.4) is 0 Å². The fraction of sp³-hybridized carbons (Fsp3) is 0.500. The molecule has 0 bridgehead atoms. The average molecular weight is 280 g/mol. The van der Waals surface area contributed by atoms with Gasteiger partial charge in [0.2, 0.25) is 5.91 Å². The molecule has 1 aromatic carbocycles. The van der Waals surface area contributed by atoms with E-state index in [1.807, 2.05) is 18.2 Å². The molecule has 0 aromatic heterocycles. The van der Waals surface area contributed by atoms with E-state index in [9.17, 15) is 4.79 Å². The maximum Gasteiger partial charge on any atom is 0.248 e. The van der Waals surface area contributed by atoms with E-state index in [1.54, 1.807) is 19.1 Å². The summed E-state index contributed by atoms with van der Waals surface area (Å²) in [6.45, 7) is 1.75. The van der Waals surface area contributed by atoms with Gasteiger partial charge >= 0.3 is 0 Å². The number of hydrogen-bond acceptors (Lipinski definition) is 5. The first kappa shape index (κ1) is 14.6. The monoisotopic (exact) mass is 280 g/mol. The number of amides is 1. The number of nitrogens with zero attached hydrogens (tertiary/aromatic N) is 1. The van der Waals surface area contributed by atoms with Crippen LogP contribution in [0.2, 0.25) is 0 Å². The van der Waals surface area contributed by atoms with Gasteiger partial charge in [-0.05, 0) is 17.7 Å². The number of nitrogens with two attached hydrogens (primary N) is 1. The molecule has 2 N–H and O–H groups in total. The molecular weight excluding hydrogens is 260 g/mol. The topological polar surface area (TPSA) is 74.0 Å². The average Bonchev–Trinajstić information content (AvgIpc) is 2.48. The van der Waals surface area contributed by atoms with Crippen LogP contribution in [0.4, 0.5) is 0 Å². The van der Waals surface area contributed by atoms with Crippen molar-refractivity contribution < 1.29 is 19.0 Å².